The van der Waals surface area contributed by atoms with Crippen LogP contribution in [0.5, 0.6) is 11.5 Å². The van der Waals surface area contributed by atoms with Crippen LogP contribution >= 0.6 is 11.3 Å². The van der Waals surface area contributed by atoms with Gasteiger partial charge in [0.25, 0.3) is 5.91 Å². The summed E-state index contributed by atoms with van der Waals surface area (Å²) in [4.78, 5) is 16.7. The third kappa shape index (κ3) is 3.22. The van der Waals surface area contributed by atoms with E-state index in [4.69, 9.17) is 9.47 Å². The molecule has 0 radical (unpaired) electrons. The Balaban J connectivity index is 1.53. The largest absolute Gasteiger partial charge is 0.454 e. The monoisotopic (exact) mass is 318 g/mol. The second-order valence-corrected chi connectivity index (χ2v) is 6.34. The molecule has 0 bridgehead atoms. The number of thiazole rings is 1. The predicted octanol–water partition coefficient (Wildman–Crippen LogP) is 2.97. The van der Waals surface area contributed by atoms with Crippen LogP contribution in [0.2, 0.25) is 0 Å². The topological polar surface area (TPSA) is 60.5 Å². The van der Waals surface area contributed by atoms with Crippen LogP contribution in [0.15, 0.2) is 23.6 Å². The van der Waals surface area contributed by atoms with Crippen LogP contribution in [-0.2, 0) is 6.42 Å². The van der Waals surface area contributed by atoms with Gasteiger partial charge in [0.05, 0.1) is 10.7 Å². The third-order valence-electron chi connectivity index (χ3n) is 3.42. The average Bonchev–Trinajstić information content (AvgIpc) is 3.15. The molecule has 1 aromatic carbocycles. The van der Waals surface area contributed by atoms with Gasteiger partial charge in [0.1, 0.15) is 0 Å². The molecule has 2 heterocycles. The predicted molar refractivity (Wildman–Crippen MR) is 84.8 cm³/mol. The van der Waals surface area contributed by atoms with Gasteiger partial charge in [-0.3, -0.25) is 4.79 Å². The van der Waals surface area contributed by atoms with E-state index in [1.165, 1.54) is 0 Å². The van der Waals surface area contributed by atoms with Gasteiger partial charge in [0, 0.05) is 23.9 Å². The van der Waals surface area contributed by atoms with E-state index in [2.05, 4.69) is 29.5 Å². The Bertz CT molecular complexity index is 682. The van der Waals surface area contributed by atoms with Crippen molar-refractivity contribution in [2.45, 2.75) is 26.2 Å². The molecule has 1 aliphatic heterocycles. The maximum absolute atomic E-state index is 12.1. The first kappa shape index (κ1) is 14.8. The number of amides is 1. The van der Waals surface area contributed by atoms with Gasteiger partial charge in [0.2, 0.25) is 6.79 Å². The number of nitrogens with one attached hydrogen (secondary N) is 1. The van der Waals surface area contributed by atoms with Crippen molar-refractivity contribution in [1.29, 1.82) is 0 Å². The van der Waals surface area contributed by atoms with Gasteiger partial charge in [-0.05, 0) is 24.1 Å². The minimum Gasteiger partial charge on any atom is -0.454 e. The number of nitrogens with zero attached hydrogens (tertiary/aromatic N) is 1. The molecule has 0 spiro atoms. The smallest absolute Gasteiger partial charge is 0.251 e. The van der Waals surface area contributed by atoms with E-state index in [1.54, 1.807) is 29.5 Å². The van der Waals surface area contributed by atoms with Crippen LogP contribution in [0.3, 0.4) is 0 Å². The Labute approximate surface area is 133 Å². The fourth-order valence-electron chi connectivity index (χ4n) is 2.13. The number of fused-ring (bicyclic) bond motifs is 1. The number of hydrogen-bond donors (Lipinski definition) is 1. The summed E-state index contributed by atoms with van der Waals surface area (Å²) in [5.41, 5.74) is 1.69. The Morgan fingerprint density at radius 2 is 2.18 bits per heavy atom. The van der Waals surface area contributed by atoms with Crippen molar-refractivity contribution in [2.24, 2.45) is 0 Å². The molecular formula is C16H18N2O3S. The zero-order valence-electron chi connectivity index (χ0n) is 12.6. The summed E-state index contributed by atoms with van der Waals surface area (Å²) in [7, 11) is 0. The molecule has 0 atom stereocenters. The van der Waals surface area contributed by atoms with Crippen molar-refractivity contribution in [3.05, 3.63) is 39.8 Å². The van der Waals surface area contributed by atoms with Crippen molar-refractivity contribution >= 4 is 17.2 Å². The summed E-state index contributed by atoms with van der Waals surface area (Å²) in [5.74, 6) is 1.63. The maximum atomic E-state index is 12.1. The minimum absolute atomic E-state index is 0.112. The number of carbonyl (C=O) groups excluding carboxylic acids is 1. The Hall–Kier alpha value is -2.08. The van der Waals surface area contributed by atoms with Crippen molar-refractivity contribution in [1.82, 2.24) is 10.3 Å². The number of rotatable bonds is 5. The van der Waals surface area contributed by atoms with Crippen LogP contribution in [-0.4, -0.2) is 24.2 Å². The Kier molecular flexibility index (Phi) is 4.29. The maximum Gasteiger partial charge on any atom is 0.251 e. The first-order valence-corrected chi connectivity index (χ1v) is 8.13. The second kappa shape index (κ2) is 6.36. The van der Waals surface area contributed by atoms with E-state index >= 15 is 0 Å². The molecule has 1 aliphatic rings. The van der Waals surface area contributed by atoms with Crippen LogP contribution < -0.4 is 14.8 Å². The molecule has 2 aromatic rings. The molecule has 1 amide bonds. The molecule has 0 aliphatic carbocycles. The average molecular weight is 318 g/mol. The van der Waals surface area contributed by atoms with Crippen LogP contribution in [0.25, 0.3) is 0 Å². The summed E-state index contributed by atoms with van der Waals surface area (Å²) < 4.78 is 10.5. The van der Waals surface area contributed by atoms with Crippen molar-refractivity contribution in [2.75, 3.05) is 13.3 Å². The lowest BCUT2D eigenvalue weighted by atomic mass is 10.2. The van der Waals surface area contributed by atoms with E-state index in [9.17, 15) is 4.79 Å². The van der Waals surface area contributed by atoms with Crippen molar-refractivity contribution < 1.29 is 14.3 Å². The SMILES string of the molecule is CC(C)c1csc(CCNC(=O)c2ccc3c(c2)OCO3)n1. The van der Waals surface area contributed by atoms with Crippen LogP contribution in [0.4, 0.5) is 0 Å². The fraction of sp³-hybridized carbons (Fsp3) is 0.375. The fourth-order valence-corrected chi connectivity index (χ4v) is 3.09. The first-order chi connectivity index (χ1) is 10.6. The molecule has 6 heteroatoms. The van der Waals surface area contributed by atoms with E-state index < -0.39 is 0 Å². The Morgan fingerprint density at radius 3 is 2.95 bits per heavy atom. The summed E-state index contributed by atoms with van der Waals surface area (Å²) in [6.07, 6.45) is 0.744. The standard InChI is InChI=1S/C16H18N2O3S/c1-10(2)12-8-22-15(18-12)5-6-17-16(19)11-3-4-13-14(7-11)21-9-20-13/h3-4,7-8,10H,5-6,9H2,1-2H3,(H,17,19). The van der Waals surface area contributed by atoms with Gasteiger partial charge in [-0.25, -0.2) is 4.98 Å². The molecule has 116 valence electrons. The number of ether oxygens (including phenoxy) is 2. The van der Waals surface area contributed by atoms with E-state index in [0.717, 1.165) is 17.1 Å². The highest BCUT2D eigenvalue weighted by Crippen LogP contribution is 2.32. The second-order valence-electron chi connectivity index (χ2n) is 5.39. The van der Waals surface area contributed by atoms with Gasteiger partial charge in [-0.15, -0.1) is 11.3 Å². The summed E-state index contributed by atoms with van der Waals surface area (Å²) >= 11 is 1.64. The minimum atomic E-state index is -0.112. The van der Waals surface area contributed by atoms with Gasteiger partial charge < -0.3 is 14.8 Å². The quantitative estimate of drug-likeness (QED) is 0.921. The molecule has 0 fully saturated rings. The molecule has 1 N–H and O–H groups in total. The van der Waals surface area contributed by atoms with Crippen LogP contribution in [0.1, 0.15) is 40.8 Å². The van der Waals surface area contributed by atoms with E-state index in [1.807, 2.05) is 0 Å². The molecule has 0 saturated heterocycles. The zero-order valence-corrected chi connectivity index (χ0v) is 13.4. The van der Waals surface area contributed by atoms with Gasteiger partial charge in [-0.2, -0.15) is 0 Å². The lowest BCUT2D eigenvalue weighted by Crippen LogP contribution is -2.25. The highest BCUT2D eigenvalue weighted by Gasteiger charge is 2.16. The molecule has 0 unspecified atom stereocenters. The van der Waals surface area contributed by atoms with Gasteiger partial charge in [0.15, 0.2) is 11.5 Å². The number of carbonyl (C=O) groups is 1. The lowest BCUT2D eigenvalue weighted by molar-refractivity contribution is 0.0953. The first-order valence-electron chi connectivity index (χ1n) is 7.25. The molecule has 22 heavy (non-hydrogen) atoms. The number of benzene rings is 1. The van der Waals surface area contributed by atoms with Gasteiger partial charge in [-0.1, -0.05) is 13.8 Å². The summed E-state index contributed by atoms with van der Waals surface area (Å²) in [6, 6.07) is 5.20. The number of hydrogen-bond acceptors (Lipinski definition) is 5. The highest BCUT2D eigenvalue weighted by atomic mass is 32.1. The molecule has 5 nitrogen and oxygen atoms in total. The van der Waals surface area contributed by atoms with Crippen molar-refractivity contribution in [3.8, 4) is 11.5 Å². The van der Waals surface area contributed by atoms with Crippen LogP contribution in [0, 0.1) is 0 Å². The molecular weight excluding hydrogens is 300 g/mol. The molecule has 3 rings (SSSR count). The highest BCUT2D eigenvalue weighted by molar-refractivity contribution is 7.09. The third-order valence-corrected chi connectivity index (χ3v) is 4.35. The molecule has 1 aromatic heterocycles. The van der Waals surface area contributed by atoms with Crippen molar-refractivity contribution in [3.63, 3.8) is 0 Å². The molecule has 0 saturated carbocycles. The van der Waals surface area contributed by atoms with E-state index in [0.29, 0.717) is 29.5 Å². The summed E-state index contributed by atoms with van der Waals surface area (Å²) in [5, 5.41) is 6.04. The summed E-state index contributed by atoms with van der Waals surface area (Å²) in [6.45, 7) is 5.03. The number of aromatic nitrogens is 1. The normalized spacial score (nSPS) is 12.7. The van der Waals surface area contributed by atoms with E-state index in [-0.39, 0.29) is 12.7 Å². The van der Waals surface area contributed by atoms with Gasteiger partial charge >= 0.3 is 0 Å². The Morgan fingerprint density at radius 1 is 1.36 bits per heavy atom. The lowest BCUT2D eigenvalue weighted by Gasteiger charge is -2.05. The zero-order chi connectivity index (χ0) is 15.5.